The summed E-state index contributed by atoms with van der Waals surface area (Å²) in [6, 6.07) is 19.4. The number of fused-ring (bicyclic) bond motifs is 1. The molecule has 220 valence electrons. The third-order valence-electron chi connectivity index (χ3n) is 6.70. The van der Waals surface area contributed by atoms with E-state index in [1.807, 2.05) is 30.3 Å². The molecule has 0 unspecified atom stereocenters. The van der Waals surface area contributed by atoms with Crippen LogP contribution in [0.2, 0.25) is 0 Å². The van der Waals surface area contributed by atoms with E-state index in [1.54, 1.807) is 0 Å². The van der Waals surface area contributed by atoms with E-state index in [0.717, 1.165) is 27.8 Å². The number of ether oxygens (including phenoxy) is 1. The van der Waals surface area contributed by atoms with Crippen molar-refractivity contribution in [1.29, 1.82) is 10.5 Å². The number of sulfonamides is 1. The van der Waals surface area contributed by atoms with Gasteiger partial charge in [-0.05, 0) is 41.8 Å². The number of esters is 1. The van der Waals surface area contributed by atoms with Crippen LogP contribution in [0.1, 0.15) is 49.6 Å². The average molecular weight is 628 g/mol. The lowest BCUT2D eigenvalue weighted by Crippen LogP contribution is -2.32. The highest BCUT2D eigenvalue weighted by atomic mass is 35.5. The summed E-state index contributed by atoms with van der Waals surface area (Å²) in [7, 11) is -2.66. The Morgan fingerprint density at radius 1 is 1.05 bits per heavy atom. The predicted molar refractivity (Wildman–Crippen MR) is 161 cm³/mol. The van der Waals surface area contributed by atoms with Gasteiger partial charge in [0.25, 0.3) is 5.91 Å². The SMILES string of the molecule is COC(=O)c1c(NC(=O)c2ccc(S(=O)(=O)N(CCC#N)CCC#N)cc2)sc2c1CCN(Cc1ccccc1)C2.Cl. The summed E-state index contributed by atoms with van der Waals surface area (Å²) >= 11 is 1.34. The molecule has 1 aliphatic heterocycles. The fourth-order valence-corrected chi connectivity index (χ4v) is 7.36. The Morgan fingerprint density at radius 2 is 1.69 bits per heavy atom. The molecule has 1 aromatic heterocycles. The Hall–Kier alpha value is -3.78. The molecule has 0 saturated carbocycles. The van der Waals surface area contributed by atoms with Crippen molar-refractivity contribution >= 4 is 50.6 Å². The number of thiophene rings is 1. The molecule has 13 heteroatoms. The van der Waals surface area contributed by atoms with E-state index in [1.165, 1.54) is 48.3 Å². The summed E-state index contributed by atoms with van der Waals surface area (Å²) in [5, 5.41) is 21.0. The number of halogens is 1. The minimum absolute atomic E-state index is 0. The number of benzene rings is 2. The molecule has 1 amide bonds. The van der Waals surface area contributed by atoms with Crippen LogP contribution < -0.4 is 5.32 Å². The van der Waals surface area contributed by atoms with Crippen molar-refractivity contribution in [2.24, 2.45) is 0 Å². The van der Waals surface area contributed by atoms with Gasteiger partial charge in [0.05, 0.1) is 29.7 Å². The molecule has 0 saturated heterocycles. The number of hydrogen-bond acceptors (Lipinski definition) is 9. The molecule has 42 heavy (non-hydrogen) atoms. The molecule has 1 N–H and O–H groups in total. The number of methoxy groups -OCH3 is 1. The zero-order valence-corrected chi connectivity index (χ0v) is 25.4. The van der Waals surface area contributed by atoms with E-state index in [9.17, 15) is 18.0 Å². The van der Waals surface area contributed by atoms with Crippen molar-refractivity contribution in [3.05, 3.63) is 81.7 Å². The largest absolute Gasteiger partial charge is 0.465 e. The average Bonchev–Trinajstić information content (AvgIpc) is 3.34. The molecule has 2 aromatic carbocycles. The van der Waals surface area contributed by atoms with Gasteiger partial charge in [0.2, 0.25) is 10.0 Å². The van der Waals surface area contributed by atoms with Crippen molar-refractivity contribution in [2.75, 3.05) is 32.1 Å². The number of rotatable bonds is 11. The highest BCUT2D eigenvalue weighted by Crippen LogP contribution is 2.38. The van der Waals surface area contributed by atoms with Gasteiger partial charge in [-0.1, -0.05) is 30.3 Å². The first-order chi connectivity index (χ1) is 19.8. The summed E-state index contributed by atoms with van der Waals surface area (Å²) in [4.78, 5) is 29.1. The third kappa shape index (κ3) is 7.53. The molecule has 1 aliphatic rings. The Balaban J connectivity index is 0.00000484. The summed E-state index contributed by atoms with van der Waals surface area (Å²) in [6.45, 7) is 2.09. The van der Waals surface area contributed by atoms with E-state index >= 15 is 0 Å². The first-order valence-electron chi connectivity index (χ1n) is 12.9. The first kappa shape index (κ1) is 32.7. The van der Waals surface area contributed by atoms with Crippen LogP contribution in [0.5, 0.6) is 0 Å². The van der Waals surface area contributed by atoms with Gasteiger partial charge in [0, 0.05) is 56.0 Å². The van der Waals surface area contributed by atoms with Gasteiger partial charge in [0.1, 0.15) is 5.00 Å². The second kappa shape index (κ2) is 14.9. The normalized spacial score (nSPS) is 12.9. The Morgan fingerprint density at radius 3 is 2.29 bits per heavy atom. The number of nitrogens with zero attached hydrogens (tertiary/aromatic N) is 4. The maximum atomic E-state index is 13.2. The van der Waals surface area contributed by atoms with E-state index in [-0.39, 0.29) is 48.8 Å². The van der Waals surface area contributed by atoms with Gasteiger partial charge in [-0.15, -0.1) is 23.7 Å². The molecule has 0 aliphatic carbocycles. The van der Waals surface area contributed by atoms with Crippen molar-refractivity contribution in [2.45, 2.75) is 37.2 Å². The van der Waals surface area contributed by atoms with E-state index in [4.69, 9.17) is 15.3 Å². The van der Waals surface area contributed by atoms with Gasteiger partial charge >= 0.3 is 5.97 Å². The molecule has 0 atom stereocenters. The second-order valence-electron chi connectivity index (χ2n) is 9.34. The number of anilines is 1. The highest BCUT2D eigenvalue weighted by Gasteiger charge is 2.30. The minimum atomic E-state index is -3.96. The van der Waals surface area contributed by atoms with Gasteiger partial charge in [-0.25, -0.2) is 13.2 Å². The van der Waals surface area contributed by atoms with Crippen LogP contribution in [0, 0.1) is 22.7 Å². The maximum absolute atomic E-state index is 13.2. The van der Waals surface area contributed by atoms with Crippen molar-refractivity contribution in [3.8, 4) is 12.1 Å². The smallest absolute Gasteiger partial charge is 0.341 e. The van der Waals surface area contributed by atoms with Crippen LogP contribution in [0.25, 0.3) is 0 Å². The number of amides is 1. The number of nitrogens with one attached hydrogen (secondary N) is 1. The first-order valence-corrected chi connectivity index (χ1v) is 15.2. The highest BCUT2D eigenvalue weighted by molar-refractivity contribution is 7.89. The summed E-state index contributed by atoms with van der Waals surface area (Å²) < 4.78 is 32.3. The van der Waals surface area contributed by atoms with Crippen molar-refractivity contribution in [1.82, 2.24) is 9.21 Å². The summed E-state index contributed by atoms with van der Waals surface area (Å²) in [6.07, 6.45) is 0.616. The molecule has 2 heterocycles. The molecule has 0 bridgehead atoms. The lowest BCUT2D eigenvalue weighted by Gasteiger charge is -2.27. The van der Waals surface area contributed by atoms with Crippen LogP contribution >= 0.6 is 23.7 Å². The standard InChI is InChI=1S/C29H29N5O5S2.ClH/c1-39-29(36)26-24-13-18-33(19-21-7-3-2-4-8-21)20-25(24)40-28(26)32-27(35)22-9-11-23(12-10-22)41(37,38)34(16-5-14-30)17-6-15-31;/h2-4,7-12H,5-6,13,16-20H2,1H3,(H,32,35);1H. The van der Waals surface area contributed by atoms with E-state index in [2.05, 4.69) is 22.3 Å². The monoisotopic (exact) mass is 627 g/mol. The summed E-state index contributed by atoms with van der Waals surface area (Å²) in [5.41, 5.74) is 2.62. The zero-order chi connectivity index (χ0) is 29.4. The third-order valence-corrected chi connectivity index (χ3v) is 9.75. The van der Waals surface area contributed by atoms with Crippen LogP contribution in [-0.2, 0) is 34.3 Å². The fourth-order valence-electron chi connectivity index (χ4n) is 4.64. The van der Waals surface area contributed by atoms with Crippen molar-refractivity contribution < 1.29 is 22.7 Å². The van der Waals surface area contributed by atoms with Gasteiger partial charge in [0.15, 0.2) is 0 Å². The molecule has 0 spiro atoms. The van der Waals surface area contributed by atoms with E-state index < -0.39 is 21.9 Å². The molecular formula is C29H30ClN5O5S2. The van der Waals surface area contributed by atoms with Gasteiger partial charge < -0.3 is 10.1 Å². The predicted octanol–water partition coefficient (Wildman–Crippen LogP) is 4.59. The number of carbonyl (C=O) groups is 2. The van der Waals surface area contributed by atoms with E-state index in [0.29, 0.717) is 23.5 Å². The topological polar surface area (TPSA) is 144 Å². The molecule has 0 radical (unpaired) electrons. The summed E-state index contributed by atoms with van der Waals surface area (Å²) in [5.74, 6) is -1.02. The molecule has 10 nitrogen and oxygen atoms in total. The Labute approximate surface area is 255 Å². The molecule has 0 fully saturated rings. The zero-order valence-electron chi connectivity index (χ0n) is 22.9. The lowest BCUT2D eigenvalue weighted by atomic mass is 10.0. The molecule has 4 rings (SSSR count). The number of nitriles is 2. The maximum Gasteiger partial charge on any atom is 0.341 e. The Bertz CT molecular complexity index is 1580. The fraction of sp³-hybridized carbons (Fsp3) is 0.310. The van der Waals surface area contributed by atoms with Crippen molar-refractivity contribution in [3.63, 3.8) is 0 Å². The molecular weight excluding hydrogens is 598 g/mol. The van der Waals surface area contributed by atoms with Gasteiger partial charge in [-0.3, -0.25) is 9.69 Å². The number of hydrogen-bond donors (Lipinski definition) is 1. The second-order valence-corrected chi connectivity index (χ2v) is 12.4. The number of carbonyl (C=O) groups excluding carboxylic acids is 2. The Kier molecular flexibility index (Phi) is 11.6. The van der Waals surface area contributed by atoms with Gasteiger partial charge in [-0.2, -0.15) is 14.8 Å². The van der Waals surface area contributed by atoms with Crippen LogP contribution in [-0.4, -0.2) is 56.2 Å². The van der Waals surface area contributed by atoms with Crippen LogP contribution in [0.15, 0.2) is 59.5 Å². The minimum Gasteiger partial charge on any atom is -0.465 e. The quantitative estimate of drug-likeness (QED) is 0.304. The molecule has 3 aromatic rings. The van der Waals surface area contributed by atoms with Crippen LogP contribution in [0.3, 0.4) is 0 Å². The van der Waals surface area contributed by atoms with Crippen LogP contribution in [0.4, 0.5) is 5.00 Å². The lowest BCUT2D eigenvalue weighted by molar-refractivity contribution is 0.0600.